The van der Waals surface area contributed by atoms with Gasteiger partial charge in [0.25, 0.3) is 0 Å². The van der Waals surface area contributed by atoms with Crippen LogP contribution in [0.4, 0.5) is 5.69 Å². The van der Waals surface area contributed by atoms with Crippen LogP contribution in [0.5, 0.6) is 5.75 Å². The smallest absolute Gasteiger partial charge is 0.221 e. The van der Waals surface area contributed by atoms with Crippen molar-refractivity contribution in [3.63, 3.8) is 0 Å². The minimum absolute atomic E-state index is 0.0816. The molecule has 0 fully saturated rings. The minimum Gasteiger partial charge on any atom is -0.493 e. The van der Waals surface area contributed by atoms with E-state index in [0.717, 1.165) is 29.4 Å². The molecule has 0 aliphatic rings. The van der Waals surface area contributed by atoms with Gasteiger partial charge in [-0.05, 0) is 43.3 Å². The fourth-order valence-electron chi connectivity index (χ4n) is 1.73. The molecule has 0 saturated heterocycles. The predicted molar refractivity (Wildman–Crippen MR) is 73.4 cm³/mol. The summed E-state index contributed by atoms with van der Waals surface area (Å²) >= 11 is 0. The molecule has 0 aliphatic carbocycles. The molecule has 2 rings (SSSR count). The second kappa shape index (κ2) is 6.09. The quantitative estimate of drug-likeness (QED) is 0.897. The highest BCUT2D eigenvalue weighted by Gasteiger charge is 2.00. The van der Waals surface area contributed by atoms with Crippen LogP contribution < -0.4 is 10.1 Å². The molecule has 1 heterocycles. The van der Waals surface area contributed by atoms with Crippen LogP contribution in [0, 0.1) is 6.92 Å². The van der Waals surface area contributed by atoms with Crippen molar-refractivity contribution >= 4 is 11.6 Å². The lowest BCUT2D eigenvalue weighted by Gasteiger charge is -2.06. The van der Waals surface area contributed by atoms with Gasteiger partial charge in [-0.2, -0.15) is 0 Å². The van der Waals surface area contributed by atoms with E-state index in [0.29, 0.717) is 6.61 Å². The van der Waals surface area contributed by atoms with Crippen LogP contribution in [-0.4, -0.2) is 12.5 Å². The molecule has 0 saturated carbocycles. The summed E-state index contributed by atoms with van der Waals surface area (Å²) in [7, 11) is 0. The average Bonchev–Trinajstić information content (AvgIpc) is 2.77. The number of carbonyl (C=O) groups excluding carboxylic acids is 1. The lowest BCUT2D eigenvalue weighted by atomic mass is 10.3. The monoisotopic (exact) mass is 259 g/mol. The van der Waals surface area contributed by atoms with Gasteiger partial charge in [0.2, 0.25) is 5.91 Å². The number of anilines is 1. The van der Waals surface area contributed by atoms with E-state index in [2.05, 4.69) is 5.32 Å². The first-order valence-electron chi connectivity index (χ1n) is 6.19. The fourth-order valence-corrected chi connectivity index (χ4v) is 1.73. The number of furan rings is 1. The topological polar surface area (TPSA) is 51.5 Å². The molecule has 4 nitrogen and oxygen atoms in total. The van der Waals surface area contributed by atoms with Crippen molar-refractivity contribution in [1.29, 1.82) is 0 Å². The lowest BCUT2D eigenvalue weighted by molar-refractivity contribution is -0.114. The highest BCUT2D eigenvalue weighted by atomic mass is 16.5. The van der Waals surface area contributed by atoms with Crippen LogP contribution in [0.25, 0.3) is 0 Å². The normalized spacial score (nSPS) is 10.2. The van der Waals surface area contributed by atoms with Crippen LogP contribution in [-0.2, 0) is 11.2 Å². The van der Waals surface area contributed by atoms with Gasteiger partial charge in [-0.1, -0.05) is 0 Å². The molecule has 1 N–H and O–H groups in total. The second-order valence-corrected chi connectivity index (χ2v) is 4.32. The maximum absolute atomic E-state index is 10.9. The van der Waals surface area contributed by atoms with Crippen LogP contribution in [0.15, 0.2) is 40.8 Å². The van der Waals surface area contributed by atoms with Crippen LogP contribution in [0.3, 0.4) is 0 Å². The molecule has 0 atom stereocenters. The lowest BCUT2D eigenvalue weighted by Crippen LogP contribution is -2.05. The van der Waals surface area contributed by atoms with Gasteiger partial charge in [0.05, 0.1) is 6.61 Å². The van der Waals surface area contributed by atoms with Crippen molar-refractivity contribution in [1.82, 2.24) is 0 Å². The summed E-state index contributed by atoms with van der Waals surface area (Å²) in [6.07, 6.45) is 0.737. The largest absolute Gasteiger partial charge is 0.493 e. The van der Waals surface area contributed by atoms with E-state index in [1.165, 1.54) is 6.92 Å². The Labute approximate surface area is 112 Å². The standard InChI is InChI=1S/C15H17NO3/c1-11-3-6-15(19-11)9-10-18-14-7-4-13(5-8-14)16-12(2)17/h3-8H,9-10H2,1-2H3,(H,16,17). The Kier molecular flexibility index (Phi) is 4.23. The zero-order valence-corrected chi connectivity index (χ0v) is 11.1. The van der Waals surface area contributed by atoms with Crippen molar-refractivity contribution in [3.8, 4) is 5.75 Å². The number of hydrogen-bond donors (Lipinski definition) is 1. The third-order valence-electron chi connectivity index (χ3n) is 2.59. The molecule has 4 heteroatoms. The molecule has 1 aromatic carbocycles. The summed E-state index contributed by atoms with van der Waals surface area (Å²) in [5, 5.41) is 2.71. The number of nitrogens with one attached hydrogen (secondary N) is 1. The van der Waals surface area contributed by atoms with Crippen molar-refractivity contribution in [2.24, 2.45) is 0 Å². The summed E-state index contributed by atoms with van der Waals surface area (Å²) in [5.41, 5.74) is 0.765. The third kappa shape index (κ3) is 4.17. The Balaban J connectivity index is 1.81. The second-order valence-electron chi connectivity index (χ2n) is 4.32. The Bertz CT molecular complexity index is 543. The summed E-state index contributed by atoms with van der Waals surface area (Å²) in [6.45, 7) is 3.97. The van der Waals surface area contributed by atoms with Gasteiger partial charge in [-0.25, -0.2) is 0 Å². The van der Waals surface area contributed by atoms with Crippen molar-refractivity contribution < 1.29 is 13.9 Å². The van der Waals surface area contributed by atoms with Crippen LogP contribution in [0.1, 0.15) is 18.4 Å². The molecule has 0 bridgehead atoms. The van der Waals surface area contributed by atoms with Crippen LogP contribution in [0.2, 0.25) is 0 Å². The molecular formula is C15H17NO3. The van der Waals surface area contributed by atoms with E-state index in [-0.39, 0.29) is 5.91 Å². The Morgan fingerprint density at radius 1 is 1.21 bits per heavy atom. The first kappa shape index (κ1) is 13.2. The molecule has 0 unspecified atom stereocenters. The van der Waals surface area contributed by atoms with Gasteiger partial charge in [0.15, 0.2) is 0 Å². The van der Waals surface area contributed by atoms with Crippen molar-refractivity contribution in [2.75, 3.05) is 11.9 Å². The first-order chi connectivity index (χ1) is 9.13. The van der Waals surface area contributed by atoms with E-state index in [1.807, 2.05) is 43.3 Å². The van der Waals surface area contributed by atoms with E-state index in [9.17, 15) is 4.79 Å². The van der Waals surface area contributed by atoms with Gasteiger partial charge < -0.3 is 14.5 Å². The summed E-state index contributed by atoms with van der Waals surface area (Å²) in [6, 6.07) is 11.2. The van der Waals surface area contributed by atoms with Crippen LogP contribution >= 0.6 is 0 Å². The summed E-state index contributed by atoms with van der Waals surface area (Å²) < 4.78 is 11.1. The highest BCUT2D eigenvalue weighted by Crippen LogP contribution is 2.16. The van der Waals surface area contributed by atoms with Gasteiger partial charge in [-0.3, -0.25) is 4.79 Å². The Morgan fingerprint density at radius 2 is 1.95 bits per heavy atom. The zero-order valence-electron chi connectivity index (χ0n) is 11.1. The Morgan fingerprint density at radius 3 is 2.53 bits per heavy atom. The molecule has 2 aromatic rings. The number of carbonyl (C=O) groups is 1. The summed E-state index contributed by atoms with van der Waals surface area (Å²) in [5.74, 6) is 2.53. The molecule has 19 heavy (non-hydrogen) atoms. The molecular weight excluding hydrogens is 242 g/mol. The number of hydrogen-bond acceptors (Lipinski definition) is 3. The van der Waals surface area contributed by atoms with Gasteiger partial charge in [-0.15, -0.1) is 0 Å². The molecule has 0 aliphatic heterocycles. The first-order valence-corrected chi connectivity index (χ1v) is 6.19. The minimum atomic E-state index is -0.0816. The predicted octanol–water partition coefficient (Wildman–Crippen LogP) is 3.17. The summed E-state index contributed by atoms with van der Waals surface area (Å²) in [4.78, 5) is 10.9. The SMILES string of the molecule is CC(=O)Nc1ccc(OCCc2ccc(C)o2)cc1. The third-order valence-corrected chi connectivity index (χ3v) is 2.59. The van der Waals surface area contributed by atoms with E-state index in [1.54, 1.807) is 0 Å². The molecule has 0 spiro atoms. The molecule has 100 valence electrons. The van der Waals surface area contributed by atoms with Crippen molar-refractivity contribution in [3.05, 3.63) is 47.9 Å². The molecule has 0 radical (unpaired) electrons. The maximum Gasteiger partial charge on any atom is 0.221 e. The number of benzene rings is 1. The van der Waals surface area contributed by atoms with Crippen molar-refractivity contribution in [2.45, 2.75) is 20.3 Å². The molecule has 1 amide bonds. The average molecular weight is 259 g/mol. The zero-order chi connectivity index (χ0) is 13.7. The van der Waals surface area contributed by atoms with E-state index in [4.69, 9.17) is 9.15 Å². The fraction of sp³-hybridized carbons (Fsp3) is 0.267. The molecule has 1 aromatic heterocycles. The number of ether oxygens (including phenoxy) is 1. The van der Waals surface area contributed by atoms with Gasteiger partial charge >= 0.3 is 0 Å². The maximum atomic E-state index is 10.9. The number of aryl methyl sites for hydroxylation is 1. The highest BCUT2D eigenvalue weighted by molar-refractivity contribution is 5.88. The Hall–Kier alpha value is -2.23. The van der Waals surface area contributed by atoms with E-state index < -0.39 is 0 Å². The van der Waals surface area contributed by atoms with Gasteiger partial charge in [0, 0.05) is 19.0 Å². The van der Waals surface area contributed by atoms with E-state index >= 15 is 0 Å². The number of amides is 1. The van der Waals surface area contributed by atoms with Gasteiger partial charge in [0.1, 0.15) is 17.3 Å². The number of rotatable bonds is 5.